The number of carbonyl (C=O) groups is 2. The van der Waals surface area contributed by atoms with Crippen molar-refractivity contribution in [2.24, 2.45) is 0 Å². The Morgan fingerprint density at radius 2 is 1.53 bits per heavy atom. The number of para-hydroxylation sites is 1. The van der Waals surface area contributed by atoms with E-state index >= 15 is 0 Å². The summed E-state index contributed by atoms with van der Waals surface area (Å²) in [7, 11) is 0. The van der Waals surface area contributed by atoms with Crippen LogP contribution < -0.4 is 4.90 Å². The van der Waals surface area contributed by atoms with Crippen molar-refractivity contribution in [3.05, 3.63) is 113 Å². The summed E-state index contributed by atoms with van der Waals surface area (Å²) in [6.45, 7) is 2.11. The average molecular weight is 395 g/mol. The first-order valence-electron chi connectivity index (χ1n) is 9.83. The van der Waals surface area contributed by atoms with E-state index in [1.165, 1.54) is 0 Å². The molecule has 0 radical (unpaired) electrons. The van der Waals surface area contributed by atoms with Crippen molar-refractivity contribution in [2.45, 2.75) is 6.92 Å². The fraction of sp³-hybridized carbons (Fsp3) is 0.0769. The maximum Gasteiger partial charge on any atom is 0.338 e. The highest BCUT2D eigenvalue weighted by Crippen LogP contribution is 2.35. The number of hydrogen-bond acceptors (Lipinski definition) is 3. The third kappa shape index (κ3) is 3.94. The van der Waals surface area contributed by atoms with Gasteiger partial charge in [0, 0.05) is 11.3 Å². The molecule has 148 valence electrons. The Bertz CT molecular complexity index is 1110. The summed E-state index contributed by atoms with van der Waals surface area (Å²) in [5.74, 6) is -0.440. The third-order valence-corrected chi connectivity index (χ3v) is 4.81. The number of amides is 1. The molecule has 0 fully saturated rings. The van der Waals surface area contributed by atoms with Crippen LogP contribution in [0.15, 0.2) is 96.6 Å². The zero-order valence-electron chi connectivity index (χ0n) is 16.6. The van der Waals surface area contributed by atoms with Crippen molar-refractivity contribution in [1.29, 1.82) is 0 Å². The van der Waals surface area contributed by atoms with E-state index in [2.05, 4.69) is 0 Å². The fourth-order valence-corrected chi connectivity index (χ4v) is 3.38. The summed E-state index contributed by atoms with van der Waals surface area (Å²) in [5, 5.41) is 0. The van der Waals surface area contributed by atoms with Gasteiger partial charge in [0.05, 0.1) is 17.9 Å². The Morgan fingerprint density at radius 3 is 2.17 bits per heavy atom. The van der Waals surface area contributed by atoms with Gasteiger partial charge in [-0.05, 0) is 54.5 Å². The number of benzene rings is 3. The predicted molar refractivity (Wildman–Crippen MR) is 119 cm³/mol. The molecule has 0 atom stereocenters. The SMILES string of the molecule is CCOC(=O)c1ccc(/C=C2/C=C(c3ccccc3)N(c3ccccc3)C2=O)cc1. The molecule has 0 aliphatic carbocycles. The summed E-state index contributed by atoms with van der Waals surface area (Å²) < 4.78 is 5.02. The lowest BCUT2D eigenvalue weighted by molar-refractivity contribution is -0.113. The van der Waals surface area contributed by atoms with E-state index in [1.807, 2.05) is 84.9 Å². The molecular formula is C26H21NO3. The summed E-state index contributed by atoms with van der Waals surface area (Å²) >= 11 is 0. The minimum Gasteiger partial charge on any atom is -0.462 e. The molecule has 0 spiro atoms. The number of hydrogen-bond donors (Lipinski definition) is 0. The van der Waals surface area contributed by atoms with Crippen LogP contribution in [0.5, 0.6) is 0 Å². The molecule has 0 saturated heterocycles. The van der Waals surface area contributed by atoms with Gasteiger partial charge in [-0.25, -0.2) is 4.79 Å². The van der Waals surface area contributed by atoms with E-state index in [0.29, 0.717) is 17.7 Å². The highest BCUT2D eigenvalue weighted by Gasteiger charge is 2.30. The predicted octanol–water partition coefficient (Wildman–Crippen LogP) is 5.33. The number of anilines is 1. The van der Waals surface area contributed by atoms with Crippen LogP contribution in [0, 0.1) is 0 Å². The number of carbonyl (C=O) groups excluding carboxylic acids is 2. The first-order chi connectivity index (χ1) is 14.7. The molecule has 30 heavy (non-hydrogen) atoms. The van der Waals surface area contributed by atoms with Crippen LogP contribution >= 0.6 is 0 Å². The largest absolute Gasteiger partial charge is 0.462 e. The van der Waals surface area contributed by atoms with E-state index < -0.39 is 0 Å². The van der Waals surface area contributed by atoms with Crippen molar-refractivity contribution in [3.8, 4) is 0 Å². The third-order valence-electron chi connectivity index (χ3n) is 4.81. The molecule has 3 aromatic rings. The number of esters is 1. The lowest BCUT2D eigenvalue weighted by atomic mass is 10.1. The van der Waals surface area contributed by atoms with Gasteiger partial charge in [-0.15, -0.1) is 0 Å². The number of rotatable bonds is 5. The molecular weight excluding hydrogens is 374 g/mol. The Hall–Kier alpha value is -3.92. The van der Waals surface area contributed by atoms with Crippen LogP contribution in [0.2, 0.25) is 0 Å². The van der Waals surface area contributed by atoms with Gasteiger partial charge in [-0.1, -0.05) is 60.7 Å². The Kier molecular flexibility index (Phi) is 5.57. The van der Waals surface area contributed by atoms with Crippen LogP contribution in [0.3, 0.4) is 0 Å². The molecule has 1 amide bonds. The standard InChI is InChI=1S/C26H21NO3/c1-2-30-26(29)21-15-13-19(14-16-21)17-22-18-24(20-9-5-3-6-10-20)27(25(22)28)23-11-7-4-8-12-23/h3-18H,2H2,1H3/b22-17-. The average Bonchev–Trinajstić information content (AvgIpc) is 3.11. The van der Waals surface area contributed by atoms with Gasteiger partial charge in [-0.3, -0.25) is 9.69 Å². The molecule has 0 N–H and O–H groups in total. The van der Waals surface area contributed by atoms with Crippen molar-refractivity contribution < 1.29 is 14.3 Å². The van der Waals surface area contributed by atoms with E-state index in [0.717, 1.165) is 22.5 Å². The maximum atomic E-state index is 13.3. The zero-order chi connectivity index (χ0) is 20.9. The maximum absolute atomic E-state index is 13.3. The molecule has 1 aliphatic heterocycles. The summed E-state index contributed by atoms with van der Waals surface area (Å²) in [4.78, 5) is 26.9. The van der Waals surface area contributed by atoms with Crippen LogP contribution in [0.25, 0.3) is 11.8 Å². The van der Waals surface area contributed by atoms with Crippen molar-refractivity contribution >= 4 is 29.3 Å². The molecule has 4 nitrogen and oxygen atoms in total. The van der Waals surface area contributed by atoms with E-state index in [1.54, 1.807) is 24.0 Å². The smallest absolute Gasteiger partial charge is 0.338 e. The van der Waals surface area contributed by atoms with Gasteiger partial charge >= 0.3 is 5.97 Å². The Morgan fingerprint density at radius 1 is 0.900 bits per heavy atom. The van der Waals surface area contributed by atoms with Gasteiger partial charge < -0.3 is 4.74 Å². The van der Waals surface area contributed by atoms with Gasteiger partial charge in [-0.2, -0.15) is 0 Å². The van der Waals surface area contributed by atoms with Crippen molar-refractivity contribution in [2.75, 3.05) is 11.5 Å². The Labute approximate surface area is 175 Å². The van der Waals surface area contributed by atoms with Crippen LogP contribution in [0.1, 0.15) is 28.4 Å². The van der Waals surface area contributed by atoms with Gasteiger partial charge in [0.2, 0.25) is 0 Å². The van der Waals surface area contributed by atoms with Gasteiger partial charge in [0.15, 0.2) is 0 Å². The second-order valence-corrected chi connectivity index (χ2v) is 6.81. The molecule has 1 aliphatic rings. The summed E-state index contributed by atoms with van der Waals surface area (Å²) in [6.07, 6.45) is 3.74. The first-order valence-corrected chi connectivity index (χ1v) is 9.83. The van der Waals surface area contributed by atoms with E-state index in [9.17, 15) is 9.59 Å². The second-order valence-electron chi connectivity index (χ2n) is 6.81. The van der Waals surface area contributed by atoms with Crippen molar-refractivity contribution in [3.63, 3.8) is 0 Å². The number of ether oxygens (including phenoxy) is 1. The first kappa shape index (κ1) is 19.4. The minimum atomic E-state index is -0.352. The lowest BCUT2D eigenvalue weighted by Crippen LogP contribution is -2.24. The van der Waals surface area contributed by atoms with E-state index in [-0.39, 0.29) is 11.9 Å². The summed E-state index contributed by atoms with van der Waals surface area (Å²) in [6, 6.07) is 26.5. The normalized spacial score (nSPS) is 14.7. The van der Waals surface area contributed by atoms with Crippen LogP contribution in [-0.2, 0) is 9.53 Å². The topological polar surface area (TPSA) is 46.6 Å². The van der Waals surface area contributed by atoms with Crippen LogP contribution in [-0.4, -0.2) is 18.5 Å². The highest BCUT2D eigenvalue weighted by molar-refractivity contribution is 6.23. The fourth-order valence-electron chi connectivity index (χ4n) is 3.38. The minimum absolute atomic E-state index is 0.0884. The monoisotopic (exact) mass is 395 g/mol. The molecule has 0 saturated carbocycles. The second kappa shape index (κ2) is 8.62. The van der Waals surface area contributed by atoms with Crippen molar-refractivity contribution in [1.82, 2.24) is 0 Å². The molecule has 4 heteroatoms. The van der Waals surface area contributed by atoms with Crippen LogP contribution in [0.4, 0.5) is 5.69 Å². The highest BCUT2D eigenvalue weighted by atomic mass is 16.5. The molecule has 3 aromatic carbocycles. The van der Waals surface area contributed by atoms with Gasteiger partial charge in [0.25, 0.3) is 5.91 Å². The molecule has 0 unspecified atom stereocenters. The Balaban J connectivity index is 1.70. The van der Waals surface area contributed by atoms with Gasteiger partial charge in [0.1, 0.15) is 0 Å². The zero-order valence-corrected chi connectivity index (χ0v) is 16.6. The lowest BCUT2D eigenvalue weighted by Gasteiger charge is -2.20. The summed E-state index contributed by atoms with van der Waals surface area (Å²) in [5.41, 5.74) is 4.53. The number of nitrogens with zero attached hydrogens (tertiary/aromatic N) is 1. The molecule has 1 heterocycles. The molecule has 0 aromatic heterocycles. The molecule has 0 bridgehead atoms. The quantitative estimate of drug-likeness (QED) is 0.433. The molecule has 4 rings (SSSR count). The van der Waals surface area contributed by atoms with E-state index in [4.69, 9.17) is 4.74 Å².